The number of carbonyl (C=O) groups excluding carboxylic acids is 2. The van der Waals surface area contributed by atoms with Gasteiger partial charge in [0.05, 0.1) is 4.48 Å². The van der Waals surface area contributed by atoms with E-state index in [4.69, 9.17) is 0 Å². The van der Waals surface area contributed by atoms with Crippen molar-refractivity contribution in [3.63, 3.8) is 0 Å². The Kier molecular flexibility index (Phi) is 2.79. The number of carbonyl (C=O) groups is 2. The Balaban J connectivity index is 3.44. The van der Waals surface area contributed by atoms with E-state index in [9.17, 15) is 24.8 Å². The lowest BCUT2D eigenvalue weighted by atomic mass is 9.81. The molecule has 1 aliphatic rings. The van der Waals surface area contributed by atoms with Crippen molar-refractivity contribution in [3.8, 4) is 0 Å². The molecule has 2 unspecified atom stereocenters. The zero-order valence-electron chi connectivity index (χ0n) is 7.98. The first-order valence-electron chi connectivity index (χ1n) is 4.02. The van der Waals surface area contributed by atoms with Crippen molar-refractivity contribution in [3.05, 3.63) is 20.2 Å². The maximum absolute atomic E-state index is 11.4. The van der Waals surface area contributed by atoms with E-state index < -0.39 is 28.1 Å². The molecular formula is C8H8BrNO5. The maximum Gasteiger partial charge on any atom is 0.280 e. The van der Waals surface area contributed by atoms with Gasteiger partial charge in [-0.05, 0) is 29.8 Å². The molecule has 0 spiro atoms. The number of aliphatic hydroxyl groups is 1. The summed E-state index contributed by atoms with van der Waals surface area (Å²) in [5.74, 6) is -2.05. The molecule has 0 saturated carbocycles. The second-order valence-electron chi connectivity index (χ2n) is 3.47. The minimum absolute atomic E-state index is 0.0341. The number of nitro groups is 1. The molecular weight excluding hydrogens is 270 g/mol. The van der Waals surface area contributed by atoms with E-state index in [-0.39, 0.29) is 10.1 Å². The smallest absolute Gasteiger partial charge is 0.280 e. The number of Topliss-reactive ketones (excluding diaryl/α,β-unsaturated/α-hetero) is 2. The average molecular weight is 278 g/mol. The molecule has 0 aliphatic heterocycles. The molecule has 0 aromatic rings. The van der Waals surface area contributed by atoms with Crippen LogP contribution in [0.25, 0.3) is 0 Å². The van der Waals surface area contributed by atoms with Crippen LogP contribution in [0.3, 0.4) is 0 Å². The van der Waals surface area contributed by atoms with Gasteiger partial charge in [-0.2, -0.15) is 0 Å². The summed E-state index contributed by atoms with van der Waals surface area (Å²) in [5.41, 5.74) is -2.33. The Labute approximate surface area is 93.2 Å². The summed E-state index contributed by atoms with van der Waals surface area (Å²) in [6, 6.07) is -1.62. The number of halogens is 1. The fourth-order valence-electron chi connectivity index (χ4n) is 1.38. The first-order valence-corrected chi connectivity index (χ1v) is 4.81. The maximum atomic E-state index is 11.4. The van der Waals surface area contributed by atoms with Crippen LogP contribution in [-0.2, 0) is 9.59 Å². The van der Waals surface area contributed by atoms with Gasteiger partial charge in [0.15, 0.2) is 0 Å². The average Bonchev–Trinajstić information content (AvgIpc) is 2.11. The Morgan fingerprint density at radius 2 is 2.00 bits per heavy atom. The Hall–Kier alpha value is -1.08. The summed E-state index contributed by atoms with van der Waals surface area (Å²) < 4.78 is -0.0536. The van der Waals surface area contributed by atoms with E-state index in [1.54, 1.807) is 0 Å². The molecule has 0 radical (unpaired) electrons. The van der Waals surface area contributed by atoms with Gasteiger partial charge in [0.1, 0.15) is 0 Å². The van der Waals surface area contributed by atoms with Gasteiger partial charge in [0.25, 0.3) is 6.04 Å². The number of allylic oxidation sites excluding steroid dienone is 1. The van der Waals surface area contributed by atoms with Gasteiger partial charge in [0, 0.05) is 10.5 Å². The topological polar surface area (TPSA) is 97.5 Å². The van der Waals surface area contributed by atoms with Gasteiger partial charge >= 0.3 is 0 Å². The quantitative estimate of drug-likeness (QED) is 0.420. The zero-order chi connectivity index (χ0) is 12.0. The van der Waals surface area contributed by atoms with Crippen LogP contribution in [0.2, 0.25) is 0 Å². The van der Waals surface area contributed by atoms with Gasteiger partial charge < -0.3 is 5.11 Å². The fraction of sp³-hybridized carbons (Fsp3) is 0.500. The summed E-state index contributed by atoms with van der Waals surface area (Å²) >= 11 is 2.87. The van der Waals surface area contributed by atoms with E-state index in [0.29, 0.717) is 0 Å². The van der Waals surface area contributed by atoms with E-state index >= 15 is 0 Å². The van der Waals surface area contributed by atoms with Crippen LogP contribution in [-0.4, -0.2) is 33.2 Å². The molecule has 0 bridgehead atoms. The van der Waals surface area contributed by atoms with Gasteiger partial charge in [-0.3, -0.25) is 19.7 Å². The van der Waals surface area contributed by atoms with Crippen LogP contribution in [0.4, 0.5) is 0 Å². The monoisotopic (exact) mass is 277 g/mol. The highest BCUT2D eigenvalue weighted by Gasteiger charge is 2.56. The highest BCUT2D eigenvalue weighted by molar-refractivity contribution is 9.11. The number of hydrogen-bond donors (Lipinski definition) is 1. The molecule has 0 aromatic heterocycles. The fourth-order valence-corrected chi connectivity index (χ4v) is 2.18. The molecule has 0 fully saturated rings. The SMILES string of the molecule is CC1=C(Br)C([N+](=O)[O-])C(C)(O)C(=O)C1=O. The van der Waals surface area contributed by atoms with Gasteiger partial charge in [-0.1, -0.05) is 0 Å². The van der Waals surface area contributed by atoms with Crippen molar-refractivity contribution in [1.29, 1.82) is 0 Å². The lowest BCUT2D eigenvalue weighted by molar-refractivity contribution is -0.527. The largest absolute Gasteiger partial charge is 0.375 e. The molecule has 15 heavy (non-hydrogen) atoms. The molecule has 0 saturated heterocycles. The second kappa shape index (κ2) is 3.49. The Morgan fingerprint density at radius 1 is 1.53 bits per heavy atom. The highest BCUT2D eigenvalue weighted by Crippen LogP contribution is 2.33. The molecule has 1 aliphatic carbocycles. The highest BCUT2D eigenvalue weighted by atomic mass is 79.9. The minimum Gasteiger partial charge on any atom is -0.375 e. The van der Waals surface area contributed by atoms with Gasteiger partial charge in [0.2, 0.25) is 17.2 Å². The third-order valence-corrected chi connectivity index (χ3v) is 3.38. The van der Waals surface area contributed by atoms with Crippen molar-refractivity contribution >= 4 is 27.5 Å². The summed E-state index contributed by atoms with van der Waals surface area (Å²) in [4.78, 5) is 32.6. The number of rotatable bonds is 1. The van der Waals surface area contributed by atoms with Crippen LogP contribution in [0.15, 0.2) is 10.1 Å². The lowest BCUT2D eigenvalue weighted by Gasteiger charge is -2.28. The molecule has 1 rings (SSSR count). The number of hydrogen-bond acceptors (Lipinski definition) is 5. The van der Waals surface area contributed by atoms with E-state index in [0.717, 1.165) is 6.92 Å². The lowest BCUT2D eigenvalue weighted by Crippen LogP contribution is -2.56. The number of ketones is 2. The van der Waals surface area contributed by atoms with Crippen LogP contribution in [0.1, 0.15) is 13.8 Å². The van der Waals surface area contributed by atoms with Crippen molar-refractivity contribution < 1.29 is 19.6 Å². The van der Waals surface area contributed by atoms with Gasteiger partial charge in [-0.25, -0.2) is 0 Å². The zero-order valence-corrected chi connectivity index (χ0v) is 9.57. The van der Waals surface area contributed by atoms with Gasteiger partial charge in [-0.15, -0.1) is 0 Å². The first kappa shape index (κ1) is 12.0. The number of nitrogens with zero attached hydrogens (tertiary/aromatic N) is 1. The Bertz CT molecular complexity index is 398. The van der Waals surface area contributed by atoms with Crippen LogP contribution in [0.5, 0.6) is 0 Å². The molecule has 1 N–H and O–H groups in total. The minimum atomic E-state index is -2.29. The molecule has 82 valence electrons. The van der Waals surface area contributed by atoms with Crippen molar-refractivity contribution in [2.45, 2.75) is 25.5 Å². The molecule has 6 nitrogen and oxygen atoms in total. The van der Waals surface area contributed by atoms with Crippen LogP contribution < -0.4 is 0 Å². The first-order chi connectivity index (χ1) is 6.71. The Morgan fingerprint density at radius 3 is 2.40 bits per heavy atom. The molecule has 0 aromatic carbocycles. The third kappa shape index (κ3) is 1.61. The van der Waals surface area contributed by atoms with Crippen molar-refractivity contribution in [2.75, 3.05) is 0 Å². The van der Waals surface area contributed by atoms with Crippen molar-refractivity contribution in [1.82, 2.24) is 0 Å². The standard InChI is InChI=1S/C8H8BrNO5/c1-3-4(9)6(10(14)15)8(2,13)7(12)5(3)11/h6,13H,1-2H3. The van der Waals surface area contributed by atoms with Crippen LogP contribution >= 0.6 is 15.9 Å². The summed E-state index contributed by atoms with van der Waals surface area (Å²) in [5, 5.41) is 20.4. The van der Waals surface area contributed by atoms with Crippen LogP contribution in [0, 0.1) is 10.1 Å². The predicted octanol–water partition coefficient (Wildman–Crippen LogP) is 0.203. The van der Waals surface area contributed by atoms with E-state index in [2.05, 4.69) is 15.9 Å². The summed E-state index contributed by atoms with van der Waals surface area (Å²) in [6.45, 7) is 2.27. The summed E-state index contributed by atoms with van der Waals surface area (Å²) in [7, 11) is 0. The van der Waals surface area contributed by atoms with E-state index in [1.807, 2.05) is 0 Å². The third-order valence-electron chi connectivity index (χ3n) is 2.35. The van der Waals surface area contributed by atoms with Crippen molar-refractivity contribution in [2.24, 2.45) is 0 Å². The predicted molar refractivity (Wildman–Crippen MR) is 53.0 cm³/mol. The molecule has 7 heteroatoms. The molecule has 0 heterocycles. The normalized spacial score (nSPS) is 32.1. The molecule has 2 atom stereocenters. The summed E-state index contributed by atoms with van der Waals surface area (Å²) in [6.07, 6.45) is 0. The second-order valence-corrected chi connectivity index (χ2v) is 4.32. The molecule has 0 amide bonds. The van der Waals surface area contributed by atoms with E-state index in [1.165, 1.54) is 6.92 Å².